The predicted octanol–water partition coefficient (Wildman–Crippen LogP) is 3.33. The van der Waals surface area contributed by atoms with Gasteiger partial charge in [0.1, 0.15) is 0 Å². The zero-order chi connectivity index (χ0) is 10.2. The van der Waals surface area contributed by atoms with Crippen LogP contribution in [0.15, 0.2) is 0 Å². The van der Waals surface area contributed by atoms with E-state index >= 15 is 0 Å². The smallest absolute Gasteiger partial charge is 0.0192 e. The van der Waals surface area contributed by atoms with Crippen molar-refractivity contribution < 1.29 is 0 Å². The molecule has 2 atom stereocenters. The number of nitrogens with two attached hydrogens (primary N) is 1. The van der Waals surface area contributed by atoms with Crippen LogP contribution < -0.4 is 5.73 Å². The lowest BCUT2D eigenvalue weighted by Gasteiger charge is -2.24. The fourth-order valence-corrected chi connectivity index (χ4v) is 3.52. The molecule has 0 radical (unpaired) electrons. The summed E-state index contributed by atoms with van der Waals surface area (Å²) in [7, 11) is 0. The molecule has 0 aliphatic heterocycles. The van der Waals surface area contributed by atoms with Gasteiger partial charge in [0.2, 0.25) is 0 Å². The van der Waals surface area contributed by atoms with Crippen molar-refractivity contribution in [3.8, 4) is 0 Å². The van der Waals surface area contributed by atoms with Gasteiger partial charge in [-0.15, -0.1) is 0 Å². The van der Waals surface area contributed by atoms with Crippen LogP contribution >= 0.6 is 0 Å². The van der Waals surface area contributed by atoms with Crippen LogP contribution in [0.25, 0.3) is 0 Å². The van der Waals surface area contributed by atoms with Gasteiger partial charge in [-0.25, -0.2) is 0 Å². The molecular formula is C13H25N. The Labute approximate surface area is 88.4 Å². The molecule has 2 saturated carbocycles. The highest BCUT2D eigenvalue weighted by atomic mass is 14.9. The molecule has 14 heavy (non-hydrogen) atoms. The van der Waals surface area contributed by atoms with Crippen molar-refractivity contribution in [1.82, 2.24) is 0 Å². The van der Waals surface area contributed by atoms with Gasteiger partial charge in [-0.2, -0.15) is 0 Å². The molecule has 0 spiro atoms. The van der Waals surface area contributed by atoms with E-state index in [1.807, 2.05) is 0 Å². The molecule has 0 amide bonds. The van der Waals surface area contributed by atoms with Crippen molar-refractivity contribution in [2.24, 2.45) is 23.5 Å². The zero-order valence-electron chi connectivity index (χ0n) is 9.76. The van der Waals surface area contributed by atoms with Crippen molar-refractivity contribution >= 4 is 0 Å². The molecule has 2 rings (SSSR count). The third kappa shape index (κ3) is 2.13. The summed E-state index contributed by atoms with van der Waals surface area (Å²) < 4.78 is 0. The molecule has 0 bridgehead atoms. The Kier molecular flexibility index (Phi) is 2.88. The number of hydrogen-bond donors (Lipinski definition) is 1. The van der Waals surface area contributed by atoms with E-state index in [1.54, 1.807) is 0 Å². The second-order valence-electron chi connectivity index (χ2n) is 6.04. The average molecular weight is 195 g/mol. The minimum Gasteiger partial charge on any atom is -0.325 e. The lowest BCUT2D eigenvalue weighted by Crippen LogP contribution is -2.29. The predicted molar refractivity (Wildman–Crippen MR) is 61.1 cm³/mol. The quantitative estimate of drug-likeness (QED) is 0.734. The lowest BCUT2D eigenvalue weighted by molar-refractivity contribution is 0.290. The Morgan fingerprint density at radius 3 is 2.43 bits per heavy atom. The standard InChI is InChI=1S/C13H25N/c1-10(2)8-13(14)9-12(13)11-6-4-3-5-7-11/h10-12H,3-9,14H2,1-2H3. The summed E-state index contributed by atoms with van der Waals surface area (Å²) in [6.45, 7) is 4.59. The lowest BCUT2D eigenvalue weighted by atomic mass is 9.83. The first kappa shape index (κ1) is 10.5. The molecule has 2 aliphatic carbocycles. The minimum absolute atomic E-state index is 0.246. The largest absolute Gasteiger partial charge is 0.325 e. The van der Waals surface area contributed by atoms with E-state index in [-0.39, 0.29) is 5.54 Å². The van der Waals surface area contributed by atoms with E-state index < -0.39 is 0 Å². The molecule has 0 heterocycles. The van der Waals surface area contributed by atoms with E-state index in [2.05, 4.69) is 13.8 Å². The van der Waals surface area contributed by atoms with Gasteiger partial charge in [-0.05, 0) is 30.6 Å². The van der Waals surface area contributed by atoms with Gasteiger partial charge >= 0.3 is 0 Å². The molecular weight excluding hydrogens is 170 g/mol. The van der Waals surface area contributed by atoms with E-state index in [0.29, 0.717) is 0 Å². The second-order valence-corrected chi connectivity index (χ2v) is 6.04. The molecule has 2 fully saturated rings. The molecule has 2 aliphatic rings. The summed E-state index contributed by atoms with van der Waals surface area (Å²) in [6.07, 6.45) is 9.86. The number of hydrogen-bond acceptors (Lipinski definition) is 1. The van der Waals surface area contributed by atoms with E-state index in [1.165, 1.54) is 44.9 Å². The van der Waals surface area contributed by atoms with E-state index in [0.717, 1.165) is 17.8 Å². The van der Waals surface area contributed by atoms with Crippen LogP contribution in [0.4, 0.5) is 0 Å². The first-order valence-electron chi connectivity index (χ1n) is 6.41. The van der Waals surface area contributed by atoms with Crippen LogP contribution in [0.5, 0.6) is 0 Å². The van der Waals surface area contributed by atoms with E-state index in [4.69, 9.17) is 5.73 Å². The van der Waals surface area contributed by atoms with Gasteiger partial charge in [0.25, 0.3) is 0 Å². The number of rotatable bonds is 3. The fourth-order valence-electron chi connectivity index (χ4n) is 3.52. The molecule has 1 heteroatoms. The Bertz CT molecular complexity index is 193. The van der Waals surface area contributed by atoms with Gasteiger partial charge in [-0.3, -0.25) is 0 Å². The monoisotopic (exact) mass is 195 g/mol. The van der Waals surface area contributed by atoms with Crippen molar-refractivity contribution in [2.45, 2.75) is 64.3 Å². The van der Waals surface area contributed by atoms with Crippen LogP contribution in [0, 0.1) is 17.8 Å². The van der Waals surface area contributed by atoms with Gasteiger partial charge < -0.3 is 5.73 Å². The summed E-state index contributed by atoms with van der Waals surface area (Å²) in [6, 6.07) is 0. The molecule has 82 valence electrons. The minimum atomic E-state index is 0.246. The molecule has 2 N–H and O–H groups in total. The van der Waals surface area contributed by atoms with Crippen molar-refractivity contribution in [3.05, 3.63) is 0 Å². The molecule has 0 aromatic heterocycles. The Balaban J connectivity index is 1.83. The fraction of sp³-hybridized carbons (Fsp3) is 1.00. The van der Waals surface area contributed by atoms with Gasteiger partial charge in [0.05, 0.1) is 0 Å². The third-order valence-corrected chi connectivity index (χ3v) is 4.19. The summed E-state index contributed by atoms with van der Waals surface area (Å²) in [5.41, 5.74) is 6.67. The van der Waals surface area contributed by atoms with Crippen molar-refractivity contribution in [2.75, 3.05) is 0 Å². The maximum Gasteiger partial charge on any atom is 0.0192 e. The highest BCUT2D eigenvalue weighted by Crippen LogP contribution is 2.53. The van der Waals surface area contributed by atoms with Crippen LogP contribution in [0.1, 0.15) is 58.8 Å². The van der Waals surface area contributed by atoms with Crippen LogP contribution in [0.2, 0.25) is 0 Å². The maximum atomic E-state index is 6.42. The van der Waals surface area contributed by atoms with Crippen LogP contribution in [0.3, 0.4) is 0 Å². The first-order valence-corrected chi connectivity index (χ1v) is 6.41. The van der Waals surface area contributed by atoms with Crippen molar-refractivity contribution in [3.63, 3.8) is 0 Å². The van der Waals surface area contributed by atoms with Gasteiger partial charge in [0.15, 0.2) is 0 Å². The summed E-state index contributed by atoms with van der Waals surface area (Å²) >= 11 is 0. The Morgan fingerprint density at radius 1 is 1.21 bits per heavy atom. The summed E-state index contributed by atoms with van der Waals surface area (Å²) in [5.74, 6) is 2.63. The molecule has 2 unspecified atom stereocenters. The first-order chi connectivity index (χ1) is 6.62. The highest BCUT2D eigenvalue weighted by Gasteiger charge is 2.53. The van der Waals surface area contributed by atoms with Crippen LogP contribution in [-0.4, -0.2) is 5.54 Å². The summed E-state index contributed by atoms with van der Waals surface area (Å²) in [5, 5.41) is 0. The summed E-state index contributed by atoms with van der Waals surface area (Å²) in [4.78, 5) is 0. The molecule has 0 aromatic carbocycles. The molecule has 0 saturated heterocycles. The Hall–Kier alpha value is -0.0400. The second kappa shape index (κ2) is 3.84. The maximum absolute atomic E-state index is 6.42. The average Bonchev–Trinajstić information content (AvgIpc) is 2.77. The highest BCUT2D eigenvalue weighted by molar-refractivity contribution is 5.10. The SMILES string of the molecule is CC(C)CC1(N)CC1C1CCCCC1. The normalized spacial score (nSPS) is 39.0. The topological polar surface area (TPSA) is 26.0 Å². The van der Waals surface area contributed by atoms with Crippen LogP contribution in [-0.2, 0) is 0 Å². The van der Waals surface area contributed by atoms with Crippen molar-refractivity contribution in [1.29, 1.82) is 0 Å². The van der Waals surface area contributed by atoms with E-state index in [9.17, 15) is 0 Å². The molecule has 1 nitrogen and oxygen atoms in total. The van der Waals surface area contributed by atoms with Gasteiger partial charge in [0, 0.05) is 5.54 Å². The molecule has 0 aromatic rings. The zero-order valence-corrected chi connectivity index (χ0v) is 9.76. The third-order valence-electron chi connectivity index (χ3n) is 4.19. The Morgan fingerprint density at radius 2 is 1.86 bits per heavy atom. The van der Waals surface area contributed by atoms with Gasteiger partial charge in [-0.1, -0.05) is 46.0 Å².